The fraction of sp³-hybridized carbons (Fsp3) is 0.190. The number of hydrogen-bond donors (Lipinski definition) is 0. The third kappa shape index (κ3) is 2.90. The van der Waals surface area contributed by atoms with Gasteiger partial charge in [-0.3, -0.25) is 0 Å². The minimum atomic E-state index is -0.258. The van der Waals surface area contributed by atoms with Crippen molar-refractivity contribution in [1.82, 2.24) is 19.7 Å². The van der Waals surface area contributed by atoms with E-state index in [4.69, 9.17) is 9.26 Å². The van der Waals surface area contributed by atoms with Crippen molar-refractivity contribution in [2.24, 2.45) is 0 Å². The van der Waals surface area contributed by atoms with Crippen LogP contribution in [0.25, 0.3) is 23.0 Å². The summed E-state index contributed by atoms with van der Waals surface area (Å²) in [4.78, 5) is 8.99. The van der Waals surface area contributed by atoms with Crippen molar-refractivity contribution in [3.05, 3.63) is 77.5 Å². The van der Waals surface area contributed by atoms with Gasteiger partial charge in [0.25, 0.3) is 5.89 Å². The molecule has 0 unspecified atom stereocenters. The SMILES string of the molecule is Cc1ccccc1-c1noc(-c2ncn3c2CO[C@@H](c2ccc(F)cc2)C3)n1. The van der Waals surface area contributed by atoms with Crippen LogP contribution in [0, 0.1) is 12.7 Å². The van der Waals surface area contributed by atoms with E-state index in [1.807, 2.05) is 35.8 Å². The summed E-state index contributed by atoms with van der Waals surface area (Å²) in [5.74, 6) is 0.651. The van der Waals surface area contributed by atoms with Gasteiger partial charge in [0, 0.05) is 5.56 Å². The van der Waals surface area contributed by atoms with Crippen LogP contribution in [-0.4, -0.2) is 19.7 Å². The van der Waals surface area contributed by atoms with E-state index in [9.17, 15) is 4.39 Å². The molecule has 0 aliphatic carbocycles. The zero-order valence-corrected chi connectivity index (χ0v) is 15.2. The van der Waals surface area contributed by atoms with Crippen LogP contribution in [0.1, 0.15) is 22.9 Å². The number of aryl methyl sites for hydroxylation is 1. The second-order valence-electron chi connectivity index (χ2n) is 6.78. The van der Waals surface area contributed by atoms with Gasteiger partial charge in [0.15, 0.2) is 5.69 Å². The Hall–Kier alpha value is -3.32. The number of fused-ring (bicyclic) bond motifs is 1. The molecular formula is C21H17FN4O2. The molecule has 0 N–H and O–H groups in total. The van der Waals surface area contributed by atoms with Crippen LogP contribution in [0.4, 0.5) is 4.39 Å². The van der Waals surface area contributed by atoms with E-state index in [0.29, 0.717) is 30.6 Å². The van der Waals surface area contributed by atoms with Crippen molar-refractivity contribution in [2.75, 3.05) is 0 Å². The first kappa shape index (κ1) is 16.8. The van der Waals surface area contributed by atoms with Crippen LogP contribution in [0.15, 0.2) is 59.4 Å². The molecule has 28 heavy (non-hydrogen) atoms. The average Bonchev–Trinajstić information content (AvgIpc) is 3.35. The summed E-state index contributed by atoms with van der Waals surface area (Å²) in [7, 11) is 0. The van der Waals surface area contributed by atoms with Gasteiger partial charge in [0.1, 0.15) is 11.9 Å². The summed E-state index contributed by atoms with van der Waals surface area (Å²) in [6.07, 6.45) is 1.60. The largest absolute Gasteiger partial charge is 0.365 e. The summed E-state index contributed by atoms with van der Waals surface area (Å²) in [6.45, 7) is 2.96. The molecule has 2 aromatic carbocycles. The van der Waals surface area contributed by atoms with Gasteiger partial charge in [-0.1, -0.05) is 41.6 Å². The summed E-state index contributed by atoms with van der Waals surface area (Å²) in [5.41, 5.74) is 4.45. The van der Waals surface area contributed by atoms with Crippen LogP contribution in [0.5, 0.6) is 0 Å². The molecule has 1 aliphatic rings. The highest BCUT2D eigenvalue weighted by molar-refractivity contribution is 5.62. The molecule has 2 aromatic heterocycles. The molecule has 0 saturated heterocycles. The van der Waals surface area contributed by atoms with Gasteiger partial charge in [-0.05, 0) is 30.2 Å². The molecule has 1 aliphatic heterocycles. The third-order valence-corrected chi connectivity index (χ3v) is 4.99. The van der Waals surface area contributed by atoms with Gasteiger partial charge in [-0.15, -0.1) is 0 Å². The number of aromatic nitrogens is 4. The smallest absolute Gasteiger partial charge is 0.278 e. The molecule has 1 atom stereocenters. The predicted molar refractivity (Wildman–Crippen MR) is 99.6 cm³/mol. The van der Waals surface area contributed by atoms with Crippen LogP contribution in [-0.2, 0) is 17.9 Å². The molecule has 0 spiro atoms. The van der Waals surface area contributed by atoms with Crippen molar-refractivity contribution in [2.45, 2.75) is 26.2 Å². The second kappa shape index (κ2) is 6.69. The molecular weight excluding hydrogens is 359 g/mol. The molecule has 0 saturated carbocycles. The van der Waals surface area contributed by atoms with E-state index in [-0.39, 0.29) is 11.9 Å². The third-order valence-electron chi connectivity index (χ3n) is 4.99. The van der Waals surface area contributed by atoms with Gasteiger partial charge in [0.05, 0.1) is 25.2 Å². The fourth-order valence-corrected chi connectivity index (χ4v) is 3.44. The van der Waals surface area contributed by atoms with E-state index >= 15 is 0 Å². The number of hydrogen-bond acceptors (Lipinski definition) is 5. The molecule has 3 heterocycles. The highest BCUT2D eigenvalue weighted by Gasteiger charge is 2.26. The van der Waals surface area contributed by atoms with Crippen LogP contribution < -0.4 is 0 Å². The highest BCUT2D eigenvalue weighted by atomic mass is 19.1. The lowest BCUT2D eigenvalue weighted by atomic mass is 10.1. The topological polar surface area (TPSA) is 66.0 Å². The zero-order chi connectivity index (χ0) is 19.1. The van der Waals surface area contributed by atoms with Crippen molar-refractivity contribution in [1.29, 1.82) is 0 Å². The number of imidazole rings is 1. The maximum atomic E-state index is 13.2. The number of rotatable bonds is 3. The first-order chi connectivity index (χ1) is 13.7. The van der Waals surface area contributed by atoms with Crippen molar-refractivity contribution in [3.63, 3.8) is 0 Å². The molecule has 7 heteroatoms. The summed E-state index contributed by atoms with van der Waals surface area (Å²) in [5, 5.41) is 4.11. The number of benzene rings is 2. The Balaban J connectivity index is 1.43. The van der Waals surface area contributed by atoms with Crippen molar-refractivity contribution >= 4 is 0 Å². The first-order valence-electron chi connectivity index (χ1n) is 9.00. The molecule has 0 bridgehead atoms. The van der Waals surface area contributed by atoms with Crippen molar-refractivity contribution < 1.29 is 13.7 Å². The standard InChI is InChI=1S/C21H17FN4O2/c1-13-4-2-3-5-16(13)20-24-21(28-25-20)19-17-11-27-18(10-26(17)12-23-19)14-6-8-15(22)9-7-14/h2-9,12,18H,10-11H2,1H3/t18-/m1/s1. The Morgan fingerprint density at radius 3 is 2.75 bits per heavy atom. The van der Waals surface area contributed by atoms with E-state index in [2.05, 4.69) is 15.1 Å². The van der Waals surface area contributed by atoms with Crippen LogP contribution in [0.2, 0.25) is 0 Å². The monoisotopic (exact) mass is 376 g/mol. The van der Waals surface area contributed by atoms with Gasteiger partial charge in [-0.25, -0.2) is 9.37 Å². The Labute approximate surface area is 160 Å². The van der Waals surface area contributed by atoms with E-state index in [1.54, 1.807) is 18.5 Å². The molecule has 5 rings (SSSR count). The van der Waals surface area contributed by atoms with Gasteiger partial charge in [-0.2, -0.15) is 4.98 Å². The lowest BCUT2D eigenvalue weighted by Crippen LogP contribution is -2.20. The minimum absolute atomic E-state index is 0.152. The lowest BCUT2D eigenvalue weighted by molar-refractivity contribution is 0.00326. The molecule has 0 fully saturated rings. The molecule has 0 amide bonds. The lowest BCUT2D eigenvalue weighted by Gasteiger charge is -2.25. The van der Waals surface area contributed by atoms with Gasteiger partial charge in [0.2, 0.25) is 5.82 Å². The van der Waals surface area contributed by atoms with Gasteiger partial charge >= 0.3 is 0 Å². The second-order valence-corrected chi connectivity index (χ2v) is 6.78. The van der Waals surface area contributed by atoms with Crippen molar-refractivity contribution in [3.8, 4) is 23.0 Å². The van der Waals surface area contributed by atoms with Crippen LogP contribution >= 0.6 is 0 Å². The first-order valence-corrected chi connectivity index (χ1v) is 9.00. The fourth-order valence-electron chi connectivity index (χ4n) is 3.44. The molecule has 140 valence electrons. The Kier molecular flexibility index (Phi) is 4.02. The average molecular weight is 376 g/mol. The molecule has 0 radical (unpaired) electrons. The highest BCUT2D eigenvalue weighted by Crippen LogP contribution is 2.32. The van der Waals surface area contributed by atoms with E-state index in [0.717, 1.165) is 22.4 Å². The quantitative estimate of drug-likeness (QED) is 0.533. The van der Waals surface area contributed by atoms with Gasteiger partial charge < -0.3 is 13.8 Å². The summed E-state index contributed by atoms with van der Waals surface area (Å²) in [6, 6.07) is 14.3. The summed E-state index contributed by atoms with van der Waals surface area (Å²) < 4.78 is 26.6. The Bertz CT molecular complexity index is 1130. The number of ether oxygens (including phenoxy) is 1. The Morgan fingerprint density at radius 2 is 1.93 bits per heavy atom. The molecule has 4 aromatic rings. The minimum Gasteiger partial charge on any atom is -0.365 e. The molecule has 6 nitrogen and oxygen atoms in total. The number of nitrogens with zero attached hydrogens (tertiary/aromatic N) is 4. The predicted octanol–water partition coefficient (Wildman–Crippen LogP) is 4.32. The maximum absolute atomic E-state index is 13.2. The summed E-state index contributed by atoms with van der Waals surface area (Å²) >= 11 is 0. The normalized spacial score (nSPS) is 16.1. The zero-order valence-electron chi connectivity index (χ0n) is 15.2. The number of halogens is 1. The van der Waals surface area contributed by atoms with E-state index < -0.39 is 0 Å². The van der Waals surface area contributed by atoms with Crippen LogP contribution in [0.3, 0.4) is 0 Å². The van der Waals surface area contributed by atoms with E-state index in [1.165, 1.54) is 12.1 Å². The maximum Gasteiger partial charge on any atom is 0.278 e. The Morgan fingerprint density at radius 1 is 1.11 bits per heavy atom.